The van der Waals surface area contributed by atoms with Crippen molar-refractivity contribution < 1.29 is 27.3 Å². The van der Waals surface area contributed by atoms with Gasteiger partial charge in [0.2, 0.25) is 0 Å². The largest absolute Gasteiger partial charge is 0.444 e. The number of sulfonamides is 1. The Hall–Kier alpha value is -2.10. The summed E-state index contributed by atoms with van der Waals surface area (Å²) in [6, 6.07) is 0. The van der Waals surface area contributed by atoms with E-state index >= 15 is 0 Å². The summed E-state index contributed by atoms with van der Waals surface area (Å²) in [5.41, 5.74) is -0.576. The zero-order chi connectivity index (χ0) is 18.0. The first-order valence-corrected chi connectivity index (χ1v) is 8.24. The SMILES string of the molecule is Cc1noc(C)c1S(=O)(=O)NC(=O)CN(C)C(=O)OC(C)(C)C. The minimum atomic E-state index is -4.12. The maximum absolute atomic E-state index is 12.2. The van der Waals surface area contributed by atoms with Gasteiger partial charge in [-0.3, -0.25) is 4.79 Å². The molecule has 1 N–H and O–H groups in total. The number of carbonyl (C=O) groups excluding carboxylic acids is 2. The molecule has 0 bridgehead atoms. The van der Waals surface area contributed by atoms with Crippen molar-refractivity contribution in [2.75, 3.05) is 13.6 Å². The summed E-state index contributed by atoms with van der Waals surface area (Å²) < 4.78 is 36.0. The van der Waals surface area contributed by atoms with Gasteiger partial charge in [-0.15, -0.1) is 0 Å². The maximum atomic E-state index is 12.2. The van der Waals surface area contributed by atoms with E-state index in [9.17, 15) is 18.0 Å². The molecule has 0 spiro atoms. The van der Waals surface area contributed by atoms with Crippen molar-refractivity contribution in [3.8, 4) is 0 Å². The lowest BCUT2D eigenvalue weighted by Gasteiger charge is -2.24. The van der Waals surface area contributed by atoms with E-state index in [2.05, 4.69) is 5.16 Å². The van der Waals surface area contributed by atoms with Gasteiger partial charge < -0.3 is 14.2 Å². The lowest BCUT2D eigenvalue weighted by atomic mass is 10.2. The second-order valence-electron chi connectivity index (χ2n) is 6.02. The van der Waals surface area contributed by atoms with Crippen molar-refractivity contribution in [2.45, 2.75) is 45.1 Å². The number of hydrogen-bond acceptors (Lipinski definition) is 7. The van der Waals surface area contributed by atoms with E-state index in [-0.39, 0.29) is 16.3 Å². The Morgan fingerprint density at radius 1 is 1.30 bits per heavy atom. The minimum Gasteiger partial charge on any atom is -0.444 e. The molecular weight excluding hydrogens is 326 g/mol. The molecule has 0 fully saturated rings. The Bertz CT molecular complexity index is 682. The predicted molar refractivity (Wildman–Crippen MR) is 80.2 cm³/mol. The molecule has 0 radical (unpaired) electrons. The summed E-state index contributed by atoms with van der Waals surface area (Å²) in [5.74, 6) is -0.804. The van der Waals surface area contributed by atoms with Crippen molar-refractivity contribution in [3.05, 3.63) is 11.5 Å². The van der Waals surface area contributed by atoms with E-state index in [1.807, 2.05) is 4.72 Å². The van der Waals surface area contributed by atoms with Crippen LogP contribution in [0.2, 0.25) is 0 Å². The highest BCUT2D eigenvalue weighted by molar-refractivity contribution is 7.90. The second kappa shape index (κ2) is 6.57. The Kier molecular flexibility index (Phi) is 5.41. The van der Waals surface area contributed by atoms with Crippen LogP contribution in [0.5, 0.6) is 0 Å². The average Bonchev–Trinajstić information content (AvgIpc) is 2.66. The molecule has 1 heterocycles. The Morgan fingerprint density at radius 2 is 1.87 bits per heavy atom. The topological polar surface area (TPSA) is 119 Å². The molecule has 23 heavy (non-hydrogen) atoms. The highest BCUT2D eigenvalue weighted by Crippen LogP contribution is 2.18. The number of likely N-dealkylation sites (N-methyl/N-ethyl adjacent to an activating group) is 1. The molecule has 9 nitrogen and oxygen atoms in total. The number of hydrogen-bond donors (Lipinski definition) is 1. The first kappa shape index (κ1) is 18.9. The number of rotatable bonds is 4. The van der Waals surface area contributed by atoms with E-state index in [1.165, 1.54) is 20.9 Å². The fourth-order valence-electron chi connectivity index (χ4n) is 1.71. The predicted octanol–water partition coefficient (Wildman–Crippen LogP) is 0.963. The van der Waals surface area contributed by atoms with Crippen LogP contribution in [0.4, 0.5) is 4.79 Å². The first-order chi connectivity index (χ1) is 10.3. The molecule has 130 valence electrons. The molecule has 1 rings (SSSR count). The van der Waals surface area contributed by atoms with Crippen molar-refractivity contribution in [2.24, 2.45) is 0 Å². The third kappa shape index (κ3) is 5.23. The number of carbonyl (C=O) groups is 2. The van der Waals surface area contributed by atoms with Crippen LogP contribution in [-0.4, -0.2) is 49.7 Å². The molecule has 0 unspecified atom stereocenters. The Balaban J connectivity index is 2.75. The summed E-state index contributed by atoms with van der Waals surface area (Å²) in [7, 11) is -2.79. The van der Waals surface area contributed by atoms with Gasteiger partial charge in [-0.1, -0.05) is 5.16 Å². The molecule has 0 atom stereocenters. The smallest absolute Gasteiger partial charge is 0.410 e. The third-order valence-corrected chi connectivity index (χ3v) is 4.19. The molecule has 0 aromatic carbocycles. The van der Waals surface area contributed by atoms with Crippen molar-refractivity contribution >= 4 is 22.0 Å². The molecule has 0 saturated heterocycles. The van der Waals surface area contributed by atoms with Crippen LogP contribution in [0, 0.1) is 13.8 Å². The fraction of sp³-hybridized carbons (Fsp3) is 0.615. The van der Waals surface area contributed by atoms with E-state index < -0.39 is 34.2 Å². The van der Waals surface area contributed by atoms with Crippen LogP contribution in [0.15, 0.2) is 9.42 Å². The van der Waals surface area contributed by atoms with Gasteiger partial charge in [-0.05, 0) is 34.6 Å². The zero-order valence-electron chi connectivity index (χ0n) is 14.0. The van der Waals surface area contributed by atoms with Crippen molar-refractivity contribution in [1.29, 1.82) is 0 Å². The second-order valence-corrected chi connectivity index (χ2v) is 7.64. The lowest BCUT2D eigenvalue weighted by Crippen LogP contribution is -2.42. The van der Waals surface area contributed by atoms with Crippen LogP contribution in [0.25, 0.3) is 0 Å². The third-order valence-electron chi connectivity index (χ3n) is 2.57. The van der Waals surface area contributed by atoms with Gasteiger partial charge in [0, 0.05) is 7.05 Å². The number of ether oxygens (including phenoxy) is 1. The van der Waals surface area contributed by atoms with Gasteiger partial charge in [0.25, 0.3) is 15.9 Å². The molecule has 10 heteroatoms. The van der Waals surface area contributed by atoms with Gasteiger partial charge >= 0.3 is 6.09 Å². The minimum absolute atomic E-state index is 0.0725. The van der Waals surface area contributed by atoms with Gasteiger partial charge in [0.05, 0.1) is 0 Å². The normalized spacial score (nSPS) is 11.9. The number of nitrogens with zero attached hydrogens (tertiary/aromatic N) is 2. The number of aromatic nitrogens is 1. The summed E-state index contributed by atoms with van der Waals surface area (Å²) in [5, 5.41) is 3.53. The molecule has 2 amide bonds. The highest BCUT2D eigenvalue weighted by Gasteiger charge is 2.28. The quantitative estimate of drug-likeness (QED) is 0.861. The van der Waals surface area contributed by atoms with Crippen LogP contribution in [0.1, 0.15) is 32.2 Å². The van der Waals surface area contributed by atoms with E-state index in [0.29, 0.717) is 0 Å². The zero-order valence-corrected chi connectivity index (χ0v) is 14.8. The van der Waals surface area contributed by atoms with Crippen molar-refractivity contribution in [1.82, 2.24) is 14.8 Å². The number of amides is 2. The molecular formula is C13H21N3O6S. The highest BCUT2D eigenvalue weighted by atomic mass is 32.2. The molecule has 0 aliphatic carbocycles. The lowest BCUT2D eigenvalue weighted by molar-refractivity contribution is -0.120. The number of aryl methyl sites for hydroxylation is 2. The van der Waals surface area contributed by atoms with Crippen LogP contribution < -0.4 is 4.72 Å². The van der Waals surface area contributed by atoms with Crippen LogP contribution in [-0.2, 0) is 19.6 Å². The number of nitrogens with one attached hydrogen (secondary N) is 1. The molecule has 0 aliphatic rings. The van der Waals surface area contributed by atoms with Crippen molar-refractivity contribution in [3.63, 3.8) is 0 Å². The molecule has 0 saturated carbocycles. The summed E-state index contributed by atoms with van der Waals surface area (Å²) >= 11 is 0. The van der Waals surface area contributed by atoms with E-state index in [0.717, 1.165) is 4.90 Å². The average molecular weight is 347 g/mol. The van der Waals surface area contributed by atoms with E-state index in [4.69, 9.17) is 9.26 Å². The van der Waals surface area contributed by atoms with Crippen LogP contribution >= 0.6 is 0 Å². The van der Waals surface area contributed by atoms with Gasteiger partial charge in [0.1, 0.15) is 17.8 Å². The van der Waals surface area contributed by atoms with Gasteiger partial charge in [-0.25, -0.2) is 17.9 Å². The summed E-state index contributed by atoms with van der Waals surface area (Å²) in [6.07, 6.45) is -0.734. The molecule has 1 aromatic rings. The first-order valence-electron chi connectivity index (χ1n) is 6.76. The summed E-state index contributed by atoms with van der Waals surface area (Å²) in [6.45, 7) is 7.44. The maximum Gasteiger partial charge on any atom is 0.410 e. The van der Waals surface area contributed by atoms with Crippen LogP contribution in [0.3, 0.4) is 0 Å². The van der Waals surface area contributed by atoms with Gasteiger partial charge in [-0.2, -0.15) is 0 Å². The van der Waals surface area contributed by atoms with Gasteiger partial charge in [0.15, 0.2) is 10.7 Å². The fourth-order valence-corrected chi connectivity index (χ4v) is 3.02. The molecule has 0 aliphatic heterocycles. The molecule has 1 aromatic heterocycles. The monoisotopic (exact) mass is 347 g/mol. The van der Waals surface area contributed by atoms with E-state index in [1.54, 1.807) is 20.8 Å². The Labute approximate surface area is 135 Å². The summed E-state index contributed by atoms with van der Waals surface area (Å²) in [4.78, 5) is 24.4. The Morgan fingerprint density at radius 3 is 2.30 bits per heavy atom. The standard InChI is InChI=1S/C13H21N3O6S/c1-8-11(9(2)22-14-8)23(19,20)15-10(17)7-16(6)12(18)21-13(3,4)5/h7H2,1-6H3,(H,15,17).